The zero-order chi connectivity index (χ0) is 16.9. The maximum absolute atomic E-state index is 12.1. The second kappa shape index (κ2) is 7.42. The van der Waals surface area contributed by atoms with Gasteiger partial charge >= 0.3 is 0 Å². The Bertz CT molecular complexity index is 865. The molecule has 0 unspecified atom stereocenters. The Kier molecular flexibility index (Phi) is 5.08. The van der Waals surface area contributed by atoms with E-state index in [0.29, 0.717) is 21.5 Å². The Morgan fingerprint density at radius 3 is 2.96 bits per heavy atom. The molecule has 3 aromatic rings. The van der Waals surface area contributed by atoms with Gasteiger partial charge in [-0.25, -0.2) is 9.97 Å². The molecular weight excluding hydrogens is 344 g/mol. The second-order valence-corrected chi connectivity index (χ2v) is 6.52. The molecule has 0 atom stereocenters. The third-order valence-corrected chi connectivity index (χ3v) is 4.19. The van der Waals surface area contributed by atoms with Crippen molar-refractivity contribution in [2.75, 3.05) is 10.6 Å². The van der Waals surface area contributed by atoms with Gasteiger partial charge in [0.25, 0.3) is 0 Å². The van der Waals surface area contributed by atoms with Gasteiger partial charge in [0.15, 0.2) is 5.13 Å². The van der Waals surface area contributed by atoms with E-state index in [1.165, 1.54) is 11.3 Å². The molecule has 0 fully saturated rings. The predicted molar refractivity (Wildman–Crippen MR) is 98.2 cm³/mol. The molecule has 1 amide bonds. The standard InChI is InChI=1S/C17H15ClN4OS/c1-11-5-6-19-15(7-11)22-17-21-14(10-24-17)9-16(23)20-13-4-2-3-12(18)8-13/h2-8,10H,9H2,1H3,(H,20,23)(H,19,21,22). The number of carbonyl (C=O) groups excluding carboxylic acids is 1. The number of amides is 1. The van der Waals surface area contributed by atoms with E-state index in [9.17, 15) is 4.79 Å². The van der Waals surface area contributed by atoms with Crippen LogP contribution in [0.1, 0.15) is 11.3 Å². The second-order valence-electron chi connectivity index (χ2n) is 5.22. The van der Waals surface area contributed by atoms with Crippen molar-refractivity contribution in [1.82, 2.24) is 9.97 Å². The summed E-state index contributed by atoms with van der Waals surface area (Å²) in [7, 11) is 0. The summed E-state index contributed by atoms with van der Waals surface area (Å²) in [6.07, 6.45) is 1.94. The third kappa shape index (κ3) is 4.53. The van der Waals surface area contributed by atoms with Crippen LogP contribution in [0.4, 0.5) is 16.6 Å². The Labute approximate surface area is 148 Å². The number of pyridine rings is 1. The first-order valence-electron chi connectivity index (χ1n) is 7.28. The minimum absolute atomic E-state index is 0.136. The molecule has 2 heterocycles. The SMILES string of the molecule is Cc1ccnc(Nc2nc(CC(=O)Nc3cccc(Cl)c3)cs2)c1. The lowest BCUT2D eigenvalue weighted by Crippen LogP contribution is -2.14. The van der Waals surface area contributed by atoms with E-state index in [1.54, 1.807) is 30.5 Å². The maximum atomic E-state index is 12.1. The van der Waals surface area contributed by atoms with Crippen molar-refractivity contribution in [1.29, 1.82) is 0 Å². The van der Waals surface area contributed by atoms with Crippen molar-refractivity contribution < 1.29 is 4.79 Å². The number of aryl methyl sites for hydroxylation is 1. The number of nitrogens with zero attached hydrogens (tertiary/aromatic N) is 2. The molecule has 0 radical (unpaired) electrons. The summed E-state index contributed by atoms with van der Waals surface area (Å²) < 4.78 is 0. The van der Waals surface area contributed by atoms with Crippen LogP contribution in [-0.2, 0) is 11.2 Å². The van der Waals surface area contributed by atoms with E-state index in [2.05, 4.69) is 20.6 Å². The largest absolute Gasteiger partial charge is 0.326 e. The molecule has 24 heavy (non-hydrogen) atoms. The minimum atomic E-state index is -0.136. The number of halogens is 1. The predicted octanol–water partition coefficient (Wildman–Crippen LogP) is 4.42. The van der Waals surface area contributed by atoms with Crippen LogP contribution in [0.15, 0.2) is 48.0 Å². The highest BCUT2D eigenvalue weighted by atomic mass is 35.5. The first-order chi connectivity index (χ1) is 11.6. The first kappa shape index (κ1) is 16.4. The topological polar surface area (TPSA) is 66.9 Å². The van der Waals surface area contributed by atoms with Crippen LogP contribution >= 0.6 is 22.9 Å². The van der Waals surface area contributed by atoms with Gasteiger partial charge < -0.3 is 10.6 Å². The lowest BCUT2D eigenvalue weighted by molar-refractivity contribution is -0.115. The highest BCUT2D eigenvalue weighted by Crippen LogP contribution is 2.21. The molecule has 3 rings (SSSR count). The molecule has 122 valence electrons. The zero-order valence-electron chi connectivity index (χ0n) is 12.9. The third-order valence-electron chi connectivity index (χ3n) is 3.15. The van der Waals surface area contributed by atoms with E-state index >= 15 is 0 Å². The van der Waals surface area contributed by atoms with E-state index in [0.717, 1.165) is 11.4 Å². The highest BCUT2D eigenvalue weighted by Gasteiger charge is 2.09. The number of benzene rings is 1. The number of aromatic nitrogens is 2. The normalized spacial score (nSPS) is 10.4. The number of anilines is 3. The number of hydrogen-bond acceptors (Lipinski definition) is 5. The van der Waals surface area contributed by atoms with Crippen LogP contribution in [0.5, 0.6) is 0 Å². The van der Waals surface area contributed by atoms with Gasteiger partial charge in [-0.05, 0) is 42.8 Å². The summed E-state index contributed by atoms with van der Waals surface area (Å²) >= 11 is 7.34. The molecular formula is C17H15ClN4OS. The smallest absolute Gasteiger partial charge is 0.230 e. The summed E-state index contributed by atoms with van der Waals surface area (Å²) in [5.74, 6) is 0.599. The molecule has 0 saturated carbocycles. The summed E-state index contributed by atoms with van der Waals surface area (Å²) in [5, 5.41) is 9.09. The van der Waals surface area contributed by atoms with Crippen LogP contribution in [0.25, 0.3) is 0 Å². The number of hydrogen-bond donors (Lipinski definition) is 2. The van der Waals surface area contributed by atoms with Gasteiger partial charge in [0.05, 0.1) is 12.1 Å². The van der Waals surface area contributed by atoms with Crippen LogP contribution < -0.4 is 10.6 Å². The molecule has 0 saturated heterocycles. The monoisotopic (exact) mass is 358 g/mol. The van der Waals surface area contributed by atoms with Gasteiger partial charge in [0.2, 0.25) is 5.91 Å². The molecule has 1 aromatic carbocycles. The lowest BCUT2D eigenvalue weighted by Gasteiger charge is -2.04. The van der Waals surface area contributed by atoms with Crippen molar-refractivity contribution in [3.05, 3.63) is 64.3 Å². The number of nitrogens with one attached hydrogen (secondary N) is 2. The fraction of sp³-hybridized carbons (Fsp3) is 0.118. The first-order valence-corrected chi connectivity index (χ1v) is 8.54. The number of rotatable bonds is 5. The molecule has 0 aliphatic heterocycles. The average Bonchev–Trinajstić information content (AvgIpc) is 2.94. The van der Waals surface area contributed by atoms with Crippen molar-refractivity contribution in [2.24, 2.45) is 0 Å². The van der Waals surface area contributed by atoms with Crippen LogP contribution in [0.2, 0.25) is 5.02 Å². The lowest BCUT2D eigenvalue weighted by atomic mass is 10.3. The quantitative estimate of drug-likeness (QED) is 0.708. The Hall–Kier alpha value is -2.44. The molecule has 0 bridgehead atoms. The summed E-state index contributed by atoms with van der Waals surface area (Å²) in [6.45, 7) is 2.00. The Morgan fingerprint density at radius 2 is 2.17 bits per heavy atom. The molecule has 7 heteroatoms. The zero-order valence-corrected chi connectivity index (χ0v) is 14.5. The molecule has 2 aromatic heterocycles. The number of carbonyl (C=O) groups is 1. The van der Waals surface area contributed by atoms with Crippen LogP contribution in [0, 0.1) is 6.92 Å². The van der Waals surface area contributed by atoms with E-state index in [-0.39, 0.29) is 12.3 Å². The maximum Gasteiger partial charge on any atom is 0.230 e. The molecule has 0 spiro atoms. The van der Waals surface area contributed by atoms with Gasteiger partial charge in [-0.2, -0.15) is 0 Å². The van der Waals surface area contributed by atoms with Gasteiger partial charge in [-0.1, -0.05) is 17.7 Å². The summed E-state index contributed by atoms with van der Waals surface area (Å²) in [4.78, 5) is 20.7. The van der Waals surface area contributed by atoms with E-state index in [4.69, 9.17) is 11.6 Å². The molecule has 0 aliphatic rings. The van der Waals surface area contributed by atoms with E-state index < -0.39 is 0 Å². The Balaban J connectivity index is 1.60. The van der Waals surface area contributed by atoms with Crippen molar-refractivity contribution in [2.45, 2.75) is 13.3 Å². The van der Waals surface area contributed by atoms with Crippen molar-refractivity contribution >= 4 is 45.5 Å². The summed E-state index contributed by atoms with van der Waals surface area (Å²) in [5.41, 5.74) is 2.49. The van der Waals surface area contributed by atoms with Crippen molar-refractivity contribution in [3.8, 4) is 0 Å². The van der Waals surface area contributed by atoms with Gasteiger partial charge in [-0.15, -0.1) is 11.3 Å². The fourth-order valence-corrected chi connectivity index (χ4v) is 3.00. The van der Waals surface area contributed by atoms with Gasteiger partial charge in [0, 0.05) is 22.3 Å². The van der Waals surface area contributed by atoms with E-state index in [1.807, 2.05) is 24.4 Å². The Morgan fingerprint density at radius 1 is 1.29 bits per heavy atom. The molecule has 0 aliphatic carbocycles. The van der Waals surface area contributed by atoms with Gasteiger partial charge in [0.1, 0.15) is 5.82 Å². The molecule has 5 nitrogen and oxygen atoms in total. The van der Waals surface area contributed by atoms with Crippen LogP contribution in [-0.4, -0.2) is 15.9 Å². The minimum Gasteiger partial charge on any atom is -0.326 e. The number of thiazole rings is 1. The van der Waals surface area contributed by atoms with Gasteiger partial charge in [-0.3, -0.25) is 4.79 Å². The molecule has 2 N–H and O–H groups in total. The highest BCUT2D eigenvalue weighted by molar-refractivity contribution is 7.13. The summed E-state index contributed by atoms with van der Waals surface area (Å²) in [6, 6.07) is 10.9. The fourth-order valence-electron chi connectivity index (χ4n) is 2.10. The van der Waals surface area contributed by atoms with Crippen molar-refractivity contribution in [3.63, 3.8) is 0 Å². The average molecular weight is 359 g/mol. The van der Waals surface area contributed by atoms with Crippen LogP contribution in [0.3, 0.4) is 0 Å².